The Hall–Kier alpha value is -3.13. The van der Waals surface area contributed by atoms with Gasteiger partial charge in [-0.05, 0) is 50.5 Å². The number of fused-ring (bicyclic) bond motifs is 1. The van der Waals surface area contributed by atoms with Crippen molar-refractivity contribution in [3.8, 4) is 0 Å². The number of halogens is 1. The number of rotatable bonds is 5. The third-order valence-corrected chi connectivity index (χ3v) is 6.77. The van der Waals surface area contributed by atoms with Crippen LogP contribution in [0.4, 0.5) is 11.5 Å². The summed E-state index contributed by atoms with van der Waals surface area (Å²) >= 11 is 5.96. The number of likely N-dealkylation sites (tertiary alicyclic amines) is 1. The Kier molecular flexibility index (Phi) is 5.93. The lowest BCUT2D eigenvalue weighted by Gasteiger charge is -2.29. The summed E-state index contributed by atoms with van der Waals surface area (Å²) in [5, 5.41) is 8.05. The number of amides is 2. The molecule has 2 saturated heterocycles. The molecule has 0 unspecified atom stereocenters. The average Bonchev–Trinajstić information content (AvgIpc) is 3.43. The molecule has 1 atom stereocenters. The predicted molar refractivity (Wildman–Crippen MR) is 128 cm³/mol. The van der Waals surface area contributed by atoms with Crippen LogP contribution in [-0.4, -0.2) is 57.5 Å². The summed E-state index contributed by atoms with van der Waals surface area (Å²) in [6.45, 7) is 5.22. The van der Waals surface area contributed by atoms with Crippen molar-refractivity contribution in [2.75, 3.05) is 36.4 Å². The lowest BCUT2D eigenvalue weighted by Crippen LogP contribution is -2.31. The highest BCUT2D eigenvalue weighted by atomic mass is 35.5. The second-order valence-electron chi connectivity index (χ2n) is 8.68. The number of carbonyl (C=O) groups is 2. The number of hydrogen-bond acceptors (Lipinski definition) is 5. The number of hydrogen-bond donors (Lipinski definition) is 1. The van der Waals surface area contributed by atoms with Gasteiger partial charge in [-0.25, -0.2) is 4.98 Å². The van der Waals surface area contributed by atoms with Crippen LogP contribution in [0, 0.1) is 0 Å². The highest BCUT2D eigenvalue weighted by molar-refractivity contribution is 6.30. The summed E-state index contributed by atoms with van der Waals surface area (Å²) in [4.78, 5) is 34.6. The Balaban J connectivity index is 1.54. The van der Waals surface area contributed by atoms with Crippen LogP contribution in [0.1, 0.15) is 54.6 Å². The summed E-state index contributed by atoms with van der Waals surface area (Å²) in [6, 6.07) is 9.04. The molecule has 2 amide bonds. The van der Waals surface area contributed by atoms with Crippen LogP contribution < -0.4 is 10.2 Å². The fourth-order valence-electron chi connectivity index (χ4n) is 4.69. The summed E-state index contributed by atoms with van der Waals surface area (Å²) in [5.41, 5.74) is 2.41. The van der Waals surface area contributed by atoms with Gasteiger partial charge < -0.3 is 15.1 Å². The van der Waals surface area contributed by atoms with Gasteiger partial charge in [0.1, 0.15) is 11.4 Å². The summed E-state index contributed by atoms with van der Waals surface area (Å²) in [7, 11) is 0. The van der Waals surface area contributed by atoms with E-state index < -0.39 is 0 Å². The number of benzene rings is 1. The van der Waals surface area contributed by atoms with Crippen molar-refractivity contribution in [2.24, 2.45) is 0 Å². The molecule has 3 aromatic rings. The normalized spacial score (nSPS) is 18.8. The van der Waals surface area contributed by atoms with Crippen LogP contribution in [0.5, 0.6) is 0 Å². The van der Waals surface area contributed by atoms with Crippen LogP contribution in [0.15, 0.2) is 36.5 Å². The van der Waals surface area contributed by atoms with E-state index in [2.05, 4.69) is 21.4 Å². The molecule has 172 valence electrons. The zero-order valence-corrected chi connectivity index (χ0v) is 19.4. The summed E-state index contributed by atoms with van der Waals surface area (Å²) in [6.07, 6.45) is 5.47. The maximum Gasteiger partial charge on any atom is 0.261 e. The van der Waals surface area contributed by atoms with E-state index >= 15 is 0 Å². The average molecular weight is 467 g/mol. The van der Waals surface area contributed by atoms with E-state index in [1.165, 1.54) is 6.42 Å². The number of carbonyl (C=O) groups excluding carboxylic acids is 2. The molecular weight excluding hydrogens is 440 g/mol. The Morgan fingerprint density at radius 1 is 1.18 bits per heavy atom. The quantitative estimate of drug-likeness (QED) is 0.615. The van der Waals surface area contributed by atoms with E-state index in [1.807, 2.05) is 11.8 Å². The Morgan fingerprint density at radius 3 is 2.64 bits per heavy atom. The van der Waals surface area contributed by atoms with Gasteiger partial charge in [0.25, 0.3) is 5.91 Å². The molecule has 1 aromatic carbocycles. The van der Waals surface area contributed by atoms with Crippen LogP contribution >= 0.6 is 11.6 Å². The predicted octanol–water partition coefficient (Wildman–Crippen LogP) is 3.96. The van der Waals surface area contributed by atoms with Gasteiger partial charge in [-0.3, -0.25) is 9.59 Å². The van der Waals surface area contributed by atoms with Crippen molar-refractivity contribution in [1.29, 1.82) is 0 Å². The molecule has 2 aliphatic heterocycles. The van der Waals surface area contributed by atoms with Crippen molar-refractivity contribution in [2.45, 2.75) is 38.5 Å². The zero-order chi connectivity index (χ0) is 22.9. The minimum Gasteiger partial charge on any atom is -0.356 e. The van der Waals surface area contributed by atoms with E-state index in [4.69, 9.17) is 16.6 Å². The topological polar surface area (TPSA) is 82.8 Å². The molecule has 9 heteroatoms. The molecule has 4 heterocycles. The van der Waals surface area contributed by atoms with Crippen LogP contribution in [0.3, 0.4) is 0 Å². The standard InChI is InChI=1S/C24H27ClN6O2/c1-2-29-15-16(12-22(29)32)20-13-21(30-10-4-3-5-11-30)31-23(28-20)19(14-26-31)24(33)27-18-8-6-17(25)7-9-18/h6-9,13-14,16H,2-5,10-12,15H2,1H3,(H,27,33)/t16-/m0/s1. The van der Waals surface area contributed by atoms with E-state index in [0.29, 0.717) is 41.4 Å². The van der Waals surface area contributed by atoms with E-state index in [1.54, 1.807) is 35.0 Å². The SMILES string of the molecule is CCN1C[C@@H](c2cc(N3CCCCC3)n3ncc(C(=O)Nc4ccc(Cl)cc4)c3n2)CC1=O. The highest BCUT2D eigenvalue weighted by Crippen LogP contribution is 2.31. The number of piperidine rings is 1. The second kappa shape index (κ2) is 9.02. The second-order valence-corrected chi connectivity index (χ2v) is 9.11. The maximum absolute atomic E-state index is 13.1. The Labute approximate surface area is 197 Å². The summed E-state index contributed by atoms with van der Waals surface area (Å²) < 4.78 is 1.76. The first-order valence-electron chi connectivity index (χ1n) is 11.5. The third-order valence-electron chi connectivity index (χ3n) is 6.51. The molecule has 0 spiro atoms. The molecule has 33 heavy (non-hydrogen) atoms. The van der Waals surface area contributed by atoms with Crippen LogP contribution in [0.2, 0.25) is 5.02 Å². The molecule has 1 N–H and O–H groups in total. The fraction of sp³-hybridized carbons (Fsp3) is 0.417. The molecule has 0 radical (unpaired) electrons. The van der Waals surface area contributed by atoms with E-state index in [0.717, 1.165) is 37.4 Å². The summed E-state index contributed by atoms with van der Waals surface area (Å²) in [5.74, 6) is 0.813. The zero-order valence-electron chi connectivity index (χ0n) is 18.6. The molecule has 0 aliphatic carbocycles. The number of anilines is 2. The van der Waals surface area contributed by atoms with Gasteiger partial charge in [-0.1, -0.05) is 11.6 Å². The van der Waals surface area contributed by atoms with Gasteiger partial charge in [-0.15, -0.1) is 0 Å². The molecule has 2 aromatic heterocycles. The molecule has 2 fully saturated rings. The molecule has 0 saturated carbocycles. The van der Waals surface area contributed by atoms with Gasteiger partial charge in [0, 0.05) is 55.3 Å². The molecule has 8 nitrogen and oxygen atoms in total. The Bertz CT molecular complexity index is 1190. The van der Waals surface area contributed by atoms with Crippen LogP contribution in [0.25, 0.3) is 5.65 Å². The number of nitrogens with zero attached hydrogens (tertiary/aromatic N) is 5. The van der Waals surface area contributed by atoms with Gasteiger partial charge in [0.15, 0.2) is 5.65 Å². The largest absolute Gasteiger partial charge is 0.356 e. The lowest BCUT2D eigenvalue weighted by atomic mass is 10.0. The molecule has 5 rings (SSSR count). The maximum atomic E-state index is 13.1. The number of likely N-dealkylation sites (N-methyl/N-ethyl adjacent to an activating group) is 1. The molecule has 0 bridgehead atoms. The van der Waals surface area contributed by atoms with E-state index in [-0.39, 0.29) is 17.7 Å². The van der Waals surface area contributed by atoms with Crippen molar-refractivity contribution in [3.05, 3.63) is 52.8 Å². The minimum atomic E-state index is -0.278. The first kappa shape index (κ1) is 21.7. The van der Waals surface area contributed by atoms with Gasteiger partial charge in [0.2, 0.25) is 5.91 Å². The minimum absolute atomic E-state index is 0.00747. The molecular formula is C24H27ClN6O2. The first-order chi connectivity index (χ1) is 16.0. The smallest absolute Gasteiger partial charge is 0.261 e. The van der Waals surface area contributed by atoms with E-state index in [9.17, 15) is 9.59 Å². The van der Waals surface area contributed by atoms with Gasteiger partial charge >= 0.3 is 0 Å². The van der Waals surface area contributed by atoms with Crippen molar-refractivity contribution in [3.63, 3.8) is 0 Å². The van der Waals surface area contributed by atoms with Gasteiger partial charge in [0.05, 0.1) is 11.9 Å². The number of aromatic nitrogens is 3. The molecule has 2 aliphatic rings. The Morgan fingerprint density at radius 2 is 1.94 bits per heavy atom. The van der Waals surface area contributed by atoms with Crippen molar-refractivity contribution >= 4 is 40.6 Å². The highest BCUT2D eigenvalue weighted by Gasteiger charge is 2.32. The van der Waals surface area contributed by atoms with Crippen molar-refractivity contribution < 1.29 is 9.59 Å². The van der Waals surface area contributed by atoms with Gasteiger partial charge in [-0.2, -0.15) is 9.61 Å². The fourth-order valence-corrected chi connectivity index (χ4v) is 4.82. The number of nitrogens with one attached hydrogen (secondary N) is 1. The lowest BCUT2D eigenvalue weighted by molar-refractivity contribution is -0.127. The monoisotopic (exact) mass is 466 g/mol. The van der Waals surface area contributed by atoms with Crippen molar-refractivity contribution in [1.82, 2.24) is 19.5 Å². The third kappa shape index (κ3) is 4.27. The van der Waals surface area contributed by atoms with Crippen LogP contribution in [-0.2, 0) is 4.79 Å². The first-order valence-corrected chi connectivity index (χ1v) is 11.9.